The quantitative estimate of drug-likeness (QED) is 0.386. The van der Waals surface area contributed by atoms with Crippen molar-refractivity contribution in [1.82, 2.24) is 5.43 Å². The van der Waals surface area contributed by atoms with Crippen molar-refractivity contribution in [3.8, 4) is 0 Å². The van der Waals surface area contributed by atoms with Crippen molar-refractivity contribution in [2.24, 2.45) is 5.84 Å². The van der Waals surface area contributed by atoms with E-state index in [1.54, 1.807) is 0 Å². The fourth-order valence-corrected chi connectivity index (χ4v) is 3.08. The van der Waals surface area contributed by atoms with Gasteiger partial charge in [-0.2, -0.15) is 0 Å². The molecular weight excluding hydrogens is 280 g/mol. The standard InChI is InChI=1S/C17H20N2OS/c1-12-3-8-16(13(2)9-12)21-11-15-6-4-14(5-7-15)10-17(20)19-18/h3-9H,10-11,18H2,1-2H3,(H,19,20). The fraction of sp³-hybridized carbons (Fsp3) is 0.235. The molecule has 0 aliphatic rings. The van der Waals surface area contributed by atoms with Gasteiger partial charge in [-0.25, -0.2) is 5.84 Å². The summed E-state index contributed by atoms with van der Waals surface area (Å²) in [6, 6.07) is 14.6. The molecule has 0 aromatic heterocycles. The molecule has 0 fully saturated rings. The summed E-state index contributed by atoms with van der Waals surface area (Å²) in [6.45, 7) is 4.25. The first-order valence-corrected chi connectivity index (χ1v) is 7.84. The maximum absolute atomic E-state index is 11.2. The topological polar surface area (TPSA) is 55.1 Å². The van der Waals surface area contributed by atoms with E-state index in [0.29, 0.717) is 6.42 Å². The lowest BCUT2D eigenvalue weighted by Gasteiger charge is -2.07. The van der Waals surface area contributed by atoms with E-state index < -0.39 is 0 Å². The molecule has 110 valence electrons. The molecule has 2 aromatic carbocycles. The highest BCUT2D eigenvalue weighted by atomic mass is 32.2. The van der Waals surface area contributed by atoms with Gasteiger partial charge in [0, 0.05) is 10.6 Å². The number of hydrogen-bond acceptors (Lipinski definition) is 3. The Balaban J connectivity index is 1.96. The predicted octanol–water partition coefficient (Wildman–Crippen LogP) is 3.13. The summed E-state index contributed by atoms with van der Waals surface area (Å²) in [5.41, 5.74) is 6.97. The largest absolute Gasteiger partial charge is 0.294 e. The number of nitrogens with two attached hydrogens (primary N) is 1. The number of rotatable bonds is 5. The van der Waals surface area contributed by atoms with Gasteiger partial charge in [0.15, 0.2) is 0 Å². The number of benzene rings is 2. The lowest BCUT2D eigenvalue weighted by atomic mass is 10.1. The van der Waals surface area contributed by atoms with Gasteiger partial charge in [-0.3, -0.25) is 10.2 Å². The summed E-state index contributed by atoms with van der Waals surface area (Å²) in [5.74, 6) is 5.83. The Hall–Kier alpha value is -1.78. The molecule has 0 aliphatic heterocycles. The van der Waals surface area contributed by atoms with Crippen LogP contribution in [0, 0.1) is 13.8 Å². The molecule has 1 amide bonds. The molecule has 0 saturated carbocycles. The molecule has 21 heavy (non-hydrogen) atoms. The molecule has 0 atom stereocenters. The Morgan fingerprint density at radius 3 is 2.38 bits per heavy atom. The van der Waals surface area contributed by atoms with Crippen molar-refractivity contribution in [3.05, 3.63) is 64.7 Å². The first-order valence-electron chi connectivity index (χ1n) is 6.86. The molecule has 3 N–H and O–H groups in total. The van der Waals surface area contributed by atoms with Crippen LogP contribution in [0.4, 0.5) is 0 Å². The molecule has 4 heteroatoms. The Morgan fingerprint density at radius 1 is 1.10 bits per heavy atom. The number of amides is 1. The average Bonchev–Trinajstić information content (AvgIpc) is 2.48. The van der Waals surface area contributed by atoms with Gasteiger partial charge >= 0.3 is 0 Å². The van der Waals surface area contributed by atoms with Gasteiger partial charge in [-0.1, -0.05) is 42.0 Å². The lowest BCUT2D eigenvalue weighted by molar-refractivity contribution is -0.120. The van der Waals surface area contributed by atoms with Crippen LogP contribution in [0.5, 0.6) is 0 Å². The van der Waals surface area contributed by atoms with Crippen molar-refractivity contribution in [3.63, 3.8) is 0 Å². The van der Waals surface area contributed by atoms with Crippen LogP contribution in [0.2, 0.25) is 0 Å². The highest BCUT2D eigenvalue weighted by Gasteiger charge is 2.03. The number of hydrogen-bond donors (Lipinski definition) is 2. The van der Waals surface area contributed by atoms with E-state index in [9.17, 15) is 4.79 Å². The second-order valence-electron chi connectivity index (χ2n) is 5.12. The molecule has 0 radical (unpaired) electrons. The Kier molecular flexibility index (Phi) is 5.42. The molecule has 0 saturated heterocycles. The van der Waals surface area contributed by atoms with Gasteiger partial charge in [0.1, 0.15) is 0 Å². The summed E-state index contributed by atoms with van der Waals surface area (Å²) in [6.07, 6.45) is 0.320. The zero-order chi connectivity index (χ0) is 15.2. The smallest absolute Gasteiger partial charge is 0.238 e. The molecule has 2 rings (SSSR count). The van der Waals surface area contributed by atoms with E-state index in [0.717, 1.165) is 11.3 Å². The van der Waals surface area contributed by atoms with Crippen LogP contribution in [0.15, 0.2) is 47.4 Å². The van der Waals surface area contributed by atoms with Gasteiger partial charge in [0.05, 0.1) is 6.42 Å². The summed E-state index contributed by atoms with van der Waals surface area (Å²) >= 11 is 1.83. The molecule has 3 nitrogen and oxygen atoms in total. The summed E-state index contributed by atoms with van der Waals surface area (Å²) < 4.78 is 0. The van der Waals surface area contributed by atoms with Crippen LogP contribution >= 0.6 is 11.8 Å². The van der Waals surface area contributed by atoms with Crippen LogP contribution in [0.25, 0.3) is 0 Å². The average molecular weight is 300 g/mol. The van der Waals surface area contributed by atoms with E-state index in [1.165, 1.54) is 21.6 Å². The zero-order valence-electron chi connectivity index (χ0n) is 12.3. The third-order valence-corrected chi connectivity index (χ3v) is 4.52. The van der Waals surface area contributed by atoms with Gasteiger partial charge in [-0.15, -0.1) is 11.8 Å². The van der Waals surface area contributed by atoms with E-state index in [-0.39, 0.29) is 5.91 Å². The third kappa shape index (κ3) is 4.62. The van der Waals surface area contributed by atoms with Gasteiger partial charge < -0.3 is 0 Å². The van der Waals surface area contributed by atoms with Crippen LogP contribution in [0.3, 0.4) is 0 Å². The first kappa shape index (κ1) is 15.6. The highest BCUT2D eigenvalue weighted by molar-refractivity contribution is 7.98. The maximum Gasteiger partial charge on any atom is 0.238 e. The van der Waals surface area contributed by atoms with E-state index in [1.807, 2.05) is 23.9 Å². The highest BCUT2D eigenvalue weighted by Crippen LogP contribution is 2.26. The number of carbonyl (C=O) groups excluding carboxylic acids is 1. The number of thioether (sulfide) groups is 1. The van der Waals surface area contributed by atoms with Gasteiger partial charge in [0.2, 0.25) is 5.91 Å². The minimum Gasteiger partial charge on any atom is -0.294 e. The molecule has 0 heterocycles. The molecule has 0 aliphatic carbocycles. The van der Waals surface area contributed by atoms with Crippen LogP contribution in [-0.4, -0.2) is 5.91 Å². The van der Waals surface area contributed by atoms with Gasteiger partial charge in [-0.05, 0) is 36.6 Å². The summed E-state index contributed by atoms with van der Waals surface area (Å²) in [4.78, 5) is 12.5. The molecule has 2 aromatic rings. The van der Waals surface area contributed by atoms with E-state index in [4.69, 9.17) is 5.84 Å². The van der Waals surface area contributed by atoms with E-state index in [2.05, 4.69) is 49.6 Å². The second kappa shape index (κ2) is 7.29. The third-order valence-electron chi connectivity index (χ3n) is 3.27. The van der Waals surface area contributed by atoms with Crippen molar-refractivity contribution < 1.29 is 4.79 Å². The number of nitrogens with one attached hydrogen (secondary N) is 1. The normalized spacial score (nSPS) is 10.4. The molecular formula is C17H20N2OS. The van der Waals surface area contributed by atoms with Crippen molar-refractivity contribution in [2.45, 2.75) is 30.9 Å². The van der Waals surface area contributed by atoms with E-state index >= 15 is 0 Å². The summed E-state index contributed by atoms with van der Waals surface area (Å²) in [5, 5.41) is 0. The first-order chi connectivity index (χ1) is 10.1. The SMILES string of the molecule is Cc1ccc(SCc2ccc(CC(=O)NN)cc2)c(C)c1. The predicted molar refractivity (Wildman–Crippen MR) is 88.0 cm³/mol. The maximum atomic E-state index is 11.2. The summed E-state index contributed by atoms with van der Waals surface area (Å²) in [7, 11) is 0. The minimum atomic E-state index is -0.174. The Morgan fingerprint density at radius 2 is 1.76 bits per heavy atom. The number of hydrazine groups is 1. The van der Waals surface area contributed by atoms with Crippen molar-refractivity contribution in [2.75, 3.05) is 0 Å². The Labute approximate surface area is 129 Å². The Bertz CT molecular complexity index is 623. The van der Waals surface area contributed by atoms with Crippen LogP contribution in [-0.2, 0) is 17.0 Å². The second-order valence-corrected chi connectivity index (χ2v) is 6.14. The molecule has 0 unspecified atom stereocenters. The lowest BCUT2D eigenvalue weighted by Crippen LogP contribution is -2.31. The van der Waals surface area contributed by atoms with Crippen molar-refractivity contribution >= 4 is 17.7 Å². The van der Waals surface area contributed by atoms with Crippen molar-refractivity contribution in [1.29, 1.82) is 0 Å². The van der Waals surface area contributed by atoms with Gasteiger partial charge in [0.25, 0.3) is 0 Å². The van der Waals surface area contributed by atoms with Crippen LogP contribution in [0.1, 0.15) is 22.3 Å². The fourth-order valence-electron chi connectivity index (χ4n) is 2.11. The molecule has 0 spiro atoms. The minimum absolute atomic E-state index is 0.174. The monoisotopic (exact) mass is 300 g/mol. The number of aryl methyl sites for hydroxylation is 2. The zero-order valence-corrected chi connectivity index (χ0v) is 13.2. The number of carbonyl (C=O) groups is 1. The van der Waals surface area contributed by atoms with Crippen LogP contribution < -0.4 is 11.3 Å². The molecule has 0 bridgehead atoms.